The Morgan fingerprint density at radius 1 is 0.283 bits per heavy atom. The molecule has 19 heteroatoms. The number of rotatable bonds is 77. The monoisotopic (exact) mass is 1450 g/mol. The summed E-state index contributed by atoms with van der Waals surface area (Å²) < 4.78 is 68.7. The van der Waals surface area contributed by atoms with E-state index in [2.05, 4.69) is 55.4 Å². The molecule has 0 saturated heterocycles. The van der Waals surface area contributed by atoms with Crippen LogP contribution in [-0.4, -0.2) is 96.7 Å². The molecule has 0 fully saturated rings. The van der Waals surface area contributed by atoms with Crippen molar-refractivity contribution in [3.05, 3.63) is 0 Å². The third kappa shape index (κ3) is 71.5. The minimum Gasteiger partial charge on any atom is -0.462 e. The molecule has 17 nitrogen and oxygen atoms in total. The molecule has 0 saturated carbocycles. The van der Waals surface area contributed by atoms with Gasteiger partial charge in [-0.15, -0.1) is 0 Å². The standard InChI is InChI=1S/C80H156O17P2/c1-9-72(7)58-50-42-34-28-22-16-12-14-17-23-29-35-44-52-60-77(82)90-66-75(96-79(84)62-54-46-36-30-24-18-13-11-15-20-26-32-40-48-56-70(3)4)68-94-98(86,87)92-64-74(81)65-93-99(88,89)95-69-76(67-91-78(83)61-53-45-39-38-43-51-59-73(8)10-2)97-80(85)63-55-47-37-31-25-19-21-27-33-41-49-57-71(5)6/h70-76,81H,9-69H2,1-8H3,(H,86,87)(H,88,89)/t72?,73?,74-,75-,76-/m1/s1. The first-order chi connectivity index (χ1) is 47.7. The molecular formula is C80H156O17P2. The van der Waals surface area contributed by atoms with Gasteiger partial charge in [-0.2, -0.15) is 0 Å². The summed E-state index contributed by atoms with van der Waals surface area (Å²) in [5.74, 6) is 1.03. The average molecular weight is 1450 g/mol. The number of aliphatic hydroxyl groups is 1. The Morgan fingerprint density at radius 2 is 0.485 bits per heavy atom. The van der Waals surface area contributed by atoms with Gasteiger partial charge in [-0.05, 0) is 49.4 Å². The molecule has 588 valence electrons. The Kier molecular flexibility index (Phi) is 67.8. The highest BCUT2D eigenvalue weighted by Gasteiger charge is 2.30. The molecule has 0 rings (SSSR count). The zero-order valence-electron chi connectivity index (χ0n) is 65.1. The van der Waals surface area contributed by atoms with Crippen molar-refractivity contribution < 1.29 is 80.2 Å². The van der Waals surface area contributed by atoms with E-state index in [9.17, 15) is 43.2 Å². The van der Waals surface area contributed by atoms with Crippen molar-refractivity contribution in [2.45, 2.75) is 427 Å². The highest BCUT2D eigenvalue weighted by atomic mass is 31.2. The zero-order chi connectivity index (χ0) is 73.1. The number of unbranched alkanes of at least 4 members (excludes halogenated alkanes) is 41. The van der Waals surface area contributed by atoms with Gasteiger partial charge in [0, 0.05) is 25.7 Å². The SMILES string of the molecule is CCC(C)CCCCCCCCCCCCCCCCC(=O)OC[C@H](COP(=O)(O)OC[C@@H](O)COP(=O)(O)OC[C@@H](COC(=O)CCCCCCCCC(C)CC)OC(=O)CCCCCCCCCCCCCC(C)C)OC(=O)CCCCCCCCCCCCCCCCC(C)C. The van der Waals surface area contributed by atoms with E-state index in [0.717, 1.165) is 120 Å². The third-order valence-electron chi connectivity index (χ3n) is 19.3. The van der Waals surface area contributed by atoms with Gasteiger partial charge < -0.3 is 33.8 Å². The summed E-state index contributed by atoms with van der Waals surface area (Å²) in [5, 5.41) is 10.6. The van der Waals surface area contributed by atoms with E-state index < -0.39 is 97.5 Å². The molecule has 99 heavy (non-hydrogen) atoms. The number of carbonyl (C=O) groups excluding carboxylic acids is 4. The predicted molar refractivity (Wildman–Crippen MR) is 404 cm³/mol. The minimum atomic E-state index is -4.96. The highest BCUT2D eigenvalue weighted by Crippen LogP contribution is 2.45. The maximum absolute atomic E-state index is 13.1. The van der Waals surface area contributed by atoms with Gasteiger partial charge in [0.1, 0.15) is 19.3 Å². The van der Waals surface area contributed by atoms with Gasteiger partial charge in [-0.25, -0.2) is 9.13 Å². The molecule has 7 atom stereocenters. The lowest BCUT2D eigenvalue weighted by molar-refractivity contribution is -0.161. The number of phosphoric ester groups is 2. The van der Waals surface area contributed by atoms with E-state index in [1.54, 1.807) is 0 Å². The molecule has 0 spiro atoms. The normalized spacial score (nSPS) is 14.6. The van der Waals surface area contributed by atoms with E-state index in [-0.39, 0.29) is 25.7 Å². The van der Waals surface area contributed by atoms with Crippen LogP contribution in [0.4, 0.5) is 0 Å². The van der Waals surface area contributed by atoms with Crippen LogP contribution in [0.1, 0.15) is 409 Å². The number of aliphatic hydroxyl groups excluding tert-OH is 1. The van der Waals surface area contributed by atoms with Crippen LogP contribution in [0.25, 0.3) is 0 Å². The maximum atomic E-state index is 13.1. The summed E-state index contributed by atoms with van der Waals surface area (Å²) in [6, 6.07) is 0. The summed E-state index contributed by atoms with van der Waals surface area (Å²) >= 11 is 0. The quantitative estimate of drug-likeness (QED) is 0.0222. The van der Waals surface area contributed by atoms with Gasteiger partial charge >= 0.3 is 39.5 Å². The lowest BCUT2D eigenvalue weighted by Crippen LogP contribution is -2.30. The maximum Gasteiger partial charge on any atom is 0.472 e. The van der Waals surface area contributed by atoms with Crippen molar-refractivity contribution >= 4 is 39.5 Å². The average Bonchev–Trinajstić information content (AvgIpc) is 1.14. The topological polar surface area (TPSA) is 237 Å². The summed E-state index contributed by atoms with van der Waals surface area (Å²) in [6.45, 7) is 14.3. The molecule has 0 heterocycles. The number of hydrogen-bond acceptors (Lipinski definition) is 15. The molecule has 0 aromatic heterocycles. The summed E-state index contributed by atoms with van der Waals surface area (Å²) in [7, 11) is -9.92. The molecule has 0 aliphatic heterocycles. The van der Waals surface area contributed by atoms with Crippen LogP contribution in [0.3, 0.4) is 0 Å². The first-order valence-electron chi connectivity index (χ1n) is 41.3. The molecule has 0 radical (unpaired) electrons. The van der Waals surface area contributed by atoms with Gasteiger partial charge in [0.15, 0.2) is 12.2 Å². The Hall–Kier alpha value is -1.94. The van der Waals surface area contributed by atoms with Gasteiger partial charge in [-0.1, -0.05) is 357 Å². The van der Waals surface area contributed by atoms with Crippen molar-refractivity contribution in [2.24, 2.45) is 23.7 Å². The Bertz CT molecular complexity index is 1940. The summed E-state index contributed by atoms with van der Waals surface area (Å²) in [5.41, 5.74) is 0. The van der Waals surface area contributed by atoms with Crippen molar-refractivity contribution in [3.8, 4) is 0 Å². The zero-order valence-corrected chi connectivity index (χ0v) is 66.9. The van der Waals surface area contributed by atoms with E-state index in [1.165, 1.54) is 205 Å². The number of ether oxygens (including phenoxy) is 4. The number of carbonyl (C=O) groups is 4. The van der Waals surface area contributed by atoms with Gasteiger partial charge in [0.25, 0.3) is 0 Å². The molecule has 0 amide bonds. The minimum absolute atomic E-state index is 0.105. The lowest BCUT2D eigenvalue weighted by Gasteiger charge is -2.21. The molecule has 4 unspecified atom stereocenters. The highest BCUT2D eigenvalue weighted by molar-refractivity contribution is 7.47. The van der Waals surface area contributed by atoms with Crippen LogP contribution in [0, 0.1) is 23.7 Å². The van der Waals surface area contributed by atoms with E-state index >= 15 is 0 Å². The van der Waals surface area contributed by atoms with Crippen LogP contribution in [0.5, 0.6) is 0 Å². The first kappa shape index (κ1) is 97.1. The Morgan fingerprint density at radius 3 is 0.717 bits per heavy atom. The fourth-order valence-electron chi connectivity index (χ4n) is 12.2. The van der Waals surface area contributed by atoms with E-state index in [0.29, 0.717) is 25.7 Å². The van der Waals surface area contributed by atoms with Gasteiger partial charge in [0.2, 0.25) is 0 Å². The summed E-state index contributed by atoms with van der Waals surface area (Å²) in [6.07, 6.45) is 55.4. The second-order valence-electron chi connectivity index (χ2n) is 30.2. The third-order valence-corrected chi connectivity index (χ3v) is 21.2. The molecule has 3 N–H and O–H groups in total. The molecular weight excluding hydrogens is 1290 g/mol. The molecule has 0 aliphatic carbocycles. The lowest BCUT2D eigenvalue weighted by atomic mass is 9.99. The first-order valence-corrected chi connectivity index (χ1v) is 44.3. The summed E-state index contributed by atoms with van der Waals surface area (Å²) in [4.78, 5) is 73.0. The number of esters is 4. The van der Waals surface area contributed by atoms with Gasteiger partial charge in [0.05, 0.1) is 26.4 Å². The predicted octanol–water partition coefficient (Wildman–Crippen LogP) is 23.6. The van der Waals surface area contributed by atoms with Crippen LogP contribution in [0.15, 0.2) is 0 Å². The van der Waals surface area contributed by atoms with Crippen LogP contribution >= 0.6 is 15.6 Å². The molecule has 0 aromatic carbocycles. The van der Waals surface area contributed by atoms with Crippen LogP contribution < -0.4 is 0 Å². The number of hydrogen-bond donors (Lipinski definition) is 3. The van der Waals surface area contributed by atoms with E-state index in [1.807, 2.05) is 0 Å². The van der Waals surface area contributed by atoms with Crippen molar-refractivity contribution in [1.29, 1.82) is 0 Å². The smallest absolute Gasteiger partial charge is 0.462 e. The van der Waals surface area contributed by atoms with Crippen LogP contribution in [0.2, 0.25) is 0 Å². The molecule has 0 aromatic rings. The van der Waals surface area contributed by atoms with Crippen molar-refractivity contribution in [3.63, 3.8) is 0 Å². The second kappa shape index (κ2) is 69.1. The fraction of sp³-hybridized carbons (Fsp3) is 0.950. The fourth-order valence-corrected chi connectivity index (χ4v) is 13.8. The molecule has 0 bridgehead atoms. The Labute approximate surface area is 607 Å². The largest absolute Gasteiger partial charge is 0.472 e. The van der Waals surface area contributed by atoms with E-state index in [4.69, 9.17) is 37.0 Å². The van der Waals surface area contributed by atoms with Gasteiger partial charge in [-0.3, -0.25) is 37.3 Å². The second-order valence-corrected chi connectivity index (χ2v) is 33.1. The Balaban J connectivity index is 5.25. The van der Waals surface area contributed by atoms with Crippen LogP contribution in [-0.2, 0) is 65.4 Å². The molecule has 0 aliphatic rings. The van der Waals surface area contributed by atoms with Crippen molar-refractivity contribution in [2.75, 3.05) is 39.6 Å². The number of phosphoric acid groups is 2. The van der Waals surface area contributed by atoms with Crippen molar-refractivity contribution in [1.82, 2.24) is 0 Å².